The van der Waals surface area contributed by atoms with Crippen LogP contribution in [0.25, 0.3) is 11.0 Å². The van der Waals surface area contributed by atoms with E-state index < -0.39 is 15.1 Å². The minimum absolute atomic E-state index is 0.152. The molecule has 1 heterocycles. The molecule has 20 heavy (non-hydrogen) atoms. The Hall–Kier alpha value is -1.40. The average Bonchev–Trinajstić information content (AvgIpc) is 2.71. The summed E-state index contributed by atoms with van der Waals surface area (Å²) in [5.41, 5.74) is 2.00. The minimum atomic E-state index is -3.08. The third-order valence-corrected chi connectivity index (χ3v) is 5.57. The van der Waals surface area contributed by atoms with Gasteiger partial charge in [0.1, 0.15) is 5.82 Å². The van der Waals surface area contributed by atoms with E-state index in [4.69, 9.17) is 0 Å². The molecule has 0 aliphatic rings. The molecule has 0 radical (unpaired) electrons. The van der Waals surface area contributed by atoms with Crippen molar-refractivity contribution in [1.82, 2.24) is 14.9 Å². The molecule has 0 spiro atoms. The van der Waals surface area contributed by atoms with Gasteiger partial charge in [-0.3, -0.25) is 0 Å². The maximum Gasteiger partial charge on any atom is 0.151 e. The van der Waals surface area contributed by atoms with Crippen LogP contribution in [-0.2, 0) is 23.3 Å². The molecular weight excluding hydrogens is 274 g/mol. The third-order valence-electron chi connectivity index (χ3n) is 3.90. The van der Waals surface area contributed by atoms with Crippen LogP contribution < -0.4 is 5.32 Å². The highest BCUT2D eigenvalue weighted by atomic mass is 32.2. The van der Waals surface area contributed by atoms with Crippen LogP contribution >= 0.6 is 0 Å². The fourth-order valence-electron chi connectivity index (χ4n) is 2.38. The van der Waals surface area contributed by atoms with Crippen molar-refractivity contribution in [2.45, 2.75) is 24.6 Å². The fourth-order valence-corrected chi connectivity index (χ4v) is 3.20. The summed E-state index contributed by atoms with van der Waals surface area (Å²) in [6.07, 6.45) is 1.85. The number of sulfone groups is 1. The van der Waals surface area contributed by atoms with Gasteiger partial charge in [0.05, 0.1) is 16.3 Å². The molecule has 1 aromatic heterocycles. The molecule has 0 bridgehead atoms. The fraction of sp³-hybridized carbons (Fsp3) is 0.500. The van der Waals surface area contributed by atoms with Gasteiger partial charge in [-0.15, -0.1) is 0 Å². The van der Waals surface area contributed by atoms with Gasteiger partial charge >= 0.3 is 0 Å². The van der Waals surface area contributed by atoms with E-state index in [9.17, 15) is 8.42 Å². The molecule has 0 fully saturated rings. The standard InChI is InChI=1S/C14H21N3O2S/c1-10(20(4,18)19)12(15-2)9-14-16-11-7-5-6-8-13(11)17(14)3/h5-8,10,12,15H,9H2,1-4H3. The molecule has 6 heteroatoms. The van der Waals surface area contributed by atoms with E-state index in [1.807, 2.05) is 35.9 Å². The van der Waals surface area contributed by atoms with Crippen LogP contribution in [0.2, 0.25) is 0 Å². The minimum Gasteiger partial charge on any atom is -0.331 e. The first-order valence-corrected chi connectivity index (χ1v) is 8.56. The highest BCUT2D eigenvalue weighted by molar-refractivity contribution is 7.91. The zero-order chi connectivity index (χ0) is 14.9. The first-order chi connectivity index (χ1) is 9.34. The highest BCUT2D eigenvalue weighted by Gasteiger charge is 2.26. The van der Waals surface area contributed by atoms with Gasteiger partial charge in [-0.25, -0.2) is 13.4 Å². The molecule has 5 nitrogen and oxygen atoms in total. The Labute approximate surface area is 119 Å². The van der Waals surface area contributed by atoms with Gasteiger partial charge in [0.25, 0.3) is 0 Å². The molecule has 1 N–H and O–H groups in total. The Morgan fingerprint density at radius 3 is 2.55 bits per heavy atom. The molecule has 1 aromatic carbocycles. The van der Waals surface area contributed by atoms with Crippen LogP contribution in [-0.4, -0.2) is 42.6 Å². The molecule has 0 aliphatic heterocycles. The van der Waals surface area contributed by atoms with Crippen molar-refractivity contribution < 1.29 is 8.42 Å². The monoisotopic (exact) mass is 295 g/mol. The molecule has 2 aromatic rings. The Balaban J connectivity index is 2.33. The van der Waals surface area contributed by atoms with E-state index in [0.29, 0.717) is 6.42 Å². The highest BCUT2D eigenvalue weighted by Crippen LogP contribution is 2.17. The van der Waals surface area contributed by atoms with Gasteiger partial charge < -0.3 is 9.88 Å². The molecule has 0 amide bonds. The number of hydrogen-bond acceptors (Lipinski definition) is 4. The third kappa shape index (κ3) is 2.86. The zero-order valence-corrected chi connectivity index (χ0v) is 13.1. The van der Waals surface area contributed by atoms with Crippen molar-refractivity contribution in [3.8, 4) is 0 Å². The number of likely N-dealkylation sites (N-methyl/N-ethyl adjacent to an activating group) is 1. The predicted molar refractivity (Wildman–Crippen MR) is 81.6 cm³/mol. The lowest BCUT2D eigenvalue weighted by molar-refractivity contribution is 0.504. The van der Waals surface area contributed by atoms with Crippen LogP contribution in [0, 0.1) is 0 Å². The summed E-state index contributed by atoms with van der Waals surface area (Å²) >= 11 is 0. The number of nitrogens with one attached hydrogen (secondary N) is 1. The number of rotatable bonds is 5. The van der Waals surface area contributed by atoms with E-state index in [0.717, 1.165) is 16.9 Å². The van der Waals surface area contributed by atoms with Gasteiger partial charge in [-0.2, -0.15) is 0 Å². The van der Waals surface area contributed by atoms with Crippen molar-refractivity contribution in [2.75, 3.05) is 13.3 Å². The first-order valence-electron chi connectivity index (χ1n) is 6.61. The predicted octanol–water partition coefficient (Wildman–Crippen LogP) is 1.14. The Morgan fingerprint density at radius 2 is 2.00 bits per heavy atom. The van der Waals surface area contributed by atoms with Crippen molar-refractivity contribution in [3.63, 3.8) is 0 Å². The topological polar surface area (TPSA) is 64.0 Å². The summed E-state index contributed by atoms with van der Waals surface area (Å²) in [6, 6.07) is 7.75. The van der Waals surface area contributed by atoms with E-state index in [1.165, 1.54) is 6.26 Å². The lowest BCUT2D eigenvalue weighted by atomic mass is 10.1. The first kappa shape index (κ1) is 15.0. The Morgan fingerprint density at radius 1 is 1.35 bits per heavy atom. The molecule has 0 aliphatic carbocycles. The van der Waals surface area contributed by atoms with Gasteiger partial charge in [0, 0.05) is 25.8 Å². The second-order valence-corrected chi connectivity index (χ2v) is 7.61. The number of fused-ring (bicyclic) bond motifs is 1. The summed E-state index contributed by atoms with van der Waals surface area (Å²) in [4.78, 5) is 4.59. The summed E-state index contributed by atoms with van der Waals surface area (Å²) in [6.45, 7) is 1.74. The smallest absolute Gasteiger partial charge is 0.151 e. The second-order valence-electron chi connectivity index (χ2n) is 5.21. The number of nitrogens with zero attached hydrogens (tertiary/aromatic N) is 2. The molecule has 2 unspecified atom stereocenters. The molecule has 2 rings (SSSR count). The normalized spacial score (nSPS) is 15.4. The summed E-state index contributed by atoms with van der Waals surface area (Å²) < 4.78 is 25.4. The Bertz CT molecular complexity index is 706. The van der Waals surface area contributed by atoms with Crippen molar-refractivity contribution >= 4 is 20.9 Å². The van der Waals surface area contributed by atoms with Crippen molar-refractivity contribution in [2.24, 2.45) is 7.05 Å². The van der Waals surface area contributed by atoms with E-state index in [2.05, 4.69) is 10.3 Å². The lowest BCUT2D eigenvalue weighted by Crippen LogP contribution is -2.42. The molecular formula is C14H21N3O2S. The quantitative estimate of drug-likeness (QED) is 0.898. The molecule has 2 atom stereocenters. The van der Waals surface area contributed by atoms with E-state index >= 15 is 0 Å². The summed E-state index contributed by atoms with van der Waals surface area (Å²) in [7, 11) is 0.671. The SMILES string of the molecule is CNC(Cc1nc2ccccc2n1C)C(C)S(C)(=O)=O. The van der Waals surface area contributed by atoms with E-state index in [1.54, 1.807) is 14.0 Å². The van der Waals surface area contributed by atoms with Crippen LogP contribution in [0.4, 0.5) is 0 Å². The van der Waals surface area contributed by atoms with Crippen LogP contribution in [0.3, 0.4) is 0 Å². The number of aromatic nitrogens is 2. The average molecular weight is 295 g/mol. The number of imidazole rings is 1. The molecule has 110 valence electrons. The van der Waals surface area contributed by atoms with Crippen LogP contribution in [0.1, 0.15) is 12.7 Å². The number of para-hydroxylation sites is 2. The maximum absolute atomic E-state index is 11.7. The van der Waals surface area contributed by atoms with Gasteiger partial charge in [0.2, 0.25) is 0 Å². The van der Waals surface area contributed by atoms with Crippen LogP contribution in [0.15, 0.2) is 24.3 Å². The van der Waals surface area contributed by atoms with Crippen LogP contribution in [0.5, 0.6) is 0 Å². The lowest BCUT2D eigenvalue weighted by Gasteiger charge is -2.21. The molecule has 0 saturated carbocycles. The van der Waals surface area contributed by atoms with Gasteiger partial charge in [0.15, 0.2) is 9.84 Å². The van der Waals surface area contributed by atoms with Crippen molar-refractivity contribution in [3.05, 3.63) is 30.1 Å². The largest absolute Gasteiger partial charge is 0.331 e. The second kappa shape index (κ2) is 5.54. The maximum atomic E-state index is 11.7. The number of benzene rings is 1. The van der Waals surface area contributed by atoms with Crippen molar-refractivity contribution in [1.29, 1.82) is 0 Å². The van der Waals surface area contributed by atoms with E-state index in [-0.39, 0.29) is 6.04 Å². The Kier molecular flexibility index (Phi) is 4.15. The molecule has 0 saturated heterocycles. The van der Waals surface area contributed by atoms with Gasteiger partial charge in [-0.05, 0) is 26.1 Å². The zero-order valence-electron chi connectivity index (χ0n) is 12.3. The van der Waals surface area contributed by atoms with Gasteiger partial charge in [-0.1, -0.05) is 12.1 Å². The summed E-state index contributed by atoms with van der Waals surface area (Å²) in [5, 5.41) is 2.64. The number of hydrogen-bond donors (Lipinski definition) is 1. The number of aryl methyl sites for hydroxylation is 1. The summed E-state index contributed by atoms with van der Waals surface area (Å²) in [5.74, 6) is 0.890.